The Morgan fingerprint density at radius 1 is 1.22 bits per heavy atom. The van der Waals surface area contributed by atoms with Gasteiger partial charge in [-0.2, -0.15) is 0 Å². The second-order valence-corrected chi connectivity index (χ2v) is 5.80. The van der Waals surface area contributed by atoms with Crippen molar-refractivity contribution in [3.8, 4) is 5.75 Å². The van der Waals surface area contributed by atoms with Gasteiger partial charge in [0.05, 0.1) is 13.5 Å². The molecule has 1 heterocycles. The van der Waals surface area contributed by atoms with Crippen molar-refractivity contribution in [2.45, 2.75) is 12.8 Å². The average molecular weight is 330 g/mol. The lowest BCUT2D eigenvalue weighted by Crippen LogP contribution is -2.03. The van der Waals surface area contributed by atoms with E-state index in [-0.39, 0.29) is 6.42 Å². The molecule has 3 rings (SSSR count). The van der Waals surface area contributed by atoms with Crippen LogP contribution in [0.2, 0.25) is 5.02 Å². The Bertz CT molecular complexity index is 853. The van der Waals surface area contributed by atoms with Gasteiger partial charge in [-0.3, -0.25) is 4.79 Å². The fourth-order valence-corrected chi connectivity index (χ4v) is 2.85. The number of halogens is 1. The van der Waals surface area contributed by atoms with Crippen LogP contribution in [0.15, 0.2) is 42.5 Å². The van der Waals surface area contributed by atoms with E-state index in [2.05, 4.69) is 4.98 Å². The number of rotatable bonds is 5. The molecule has 5 heteroatoms. The third-order valence-corrected chi connectivity index (χ3v) is 4.08. The summed E-state index contributed by atoms with van der Waals surface area (Å²) in [6, 6.07) is 13.2. The predicted molar refractivity (Wildman–Crippen MR) is 90.4 cm³/mol. The summed E-state index contributed by atoms with van der Waals surface area (Å²) in [5.74, 6) is -0.146. The van der Waals surface area contributed by atoms with Gasteiger partial charge < -0.3 is 14.8 Å². The van der Waals surface area contributed by atoms with Gasteiger partial charge in [-0.05, 0) is 41.5 Å². The fourth-order valence-electron chi connectivity index (χ4n) is 2.72. The molecule has 2 aromatic carbocycles. The van der Waals surface area contributed by atoms with Gasteiger partial charge >= 0.3 is 5.97 Å². The minimum atomic E-state index is -0.855. The summed E-state index contributed by atoms with van der Waals surface area (Å²) in [5.41, 5.74) is 3.67. The maximum absolute atomic E-state index is 11.3. The van der Waals surface area contributed by atoms with E-state index in [0.29, 0.717) is 17.2 Å². The van der Waals surface area contributed by atoms with Crippen LogP contribution >= 0.6 is 11.6 Å². The van der Waals surface area contributed by atoms with Gasteiger partial charge in [0, 0.05) is 28.0 Å². The molecule has 0 aliphatic heterocycles. The third-order valence-electron chi connectivity index (χ3n) is 3.82. The summed E-state index contributed by atoms with van der Waals surface area (Å²) in [6.07, 6.45) is 0.590. The number of carboxylic acid groups (broad SMARTS) is 1. The lowest BCUT2D eigenvalue weighted by atomic mass is 10.0. The first-order valence-electron chi connectivity index (χ1n) is 7.20. The molecule has 0 saturated heterocycles. The van der Waals surface area contributed by atoms with Gasteiger partial charge in [-0.25, -0.2) is 0 Å². The number of aromatic nitrogens is 1. The molecule has 1 aromatic heterocycles. The molecule has 2 N–H and O–H groups in total. The SMILES string of the molecule is COc1ccc2[nH]c(Cc3ccc(Cl)cc3)c(CC(=O)O)c2c1. The zero-order chi connectivity index (χ0) is 16.4. The van der Waals surface area contributed by atoms with Crippen LogP contribution < -0.4 is 4.74 Å². The van der Waals surface area contributed by atoms with Gasteiger partial charge in [0.1, 0.15) is 5.75 Å². The molecule has 0 aliphatic carbocycles. The third kappa shape index (κ3) is 3.32. The molecule has 0 spiro atoms. The second-order valence-electron chi connectivity index (χ2n) is 5.37. The van der Waals surface area contributed by atoms with E-state index in [9.17, 15) is 9.90 Å². The van der Waals surface area contributed by atoms with Gasteiger partial charge in [-0.1, -0.05) is 23.7 Å². The number of ether oxygens (including phenoxy) is 1. The van der Waals surface area contributed by atoms with E-state index in [1.165, 1.54) is 0 Å². The van der Waals surface area contributed by atoms with Crippen LogP contribution in [0.3, 0.4) is 0 Å². The summed E-state index contributed by atoms with van der Waals surface area (Å²) in [5, 5.41) is 10.8. The summed E-state index contributed by atoms with van der Waals surface area (Å²) < 4.78 is 5.25. The van der Waals surface area contributed by atoms with Crippen molar-refractivity contribution in [3.05, 3.63) is 64.3 Å². The number of carbonyl (C=O) groups is 1. The molecule has 0 fully saturated rings. The van der Waals surface area contributed by atoms with Crippen LogP contribution in [0.4, 0.5) is 0 Å². The van der Waals surface area contributed by atoms with Crippen molar-refractivity contribution < 1.29 is 14.6 Å². The minimum absolute atomic E-state index is 0.0317. The number of hydrogen-bond donors (Lipinski definition) is 2. The number of methoxy groups -OCH3 is 1. The highest BCUT2D eigenvalue weighted by Crippen LogP contribution is 2.28. The van der Waals surface area contributed by atoms with Crippen molar-refractivity contribution in [2.24, 2.45) is 0 Å². The number of fused-ring (bicyclic) bond motifs is 1. The Labute approximate surface area is 138 Å². The molecule has 0 atom stereocenters. The number of nitrogens with one attached hydrogen (secondary N) is 1. The van der Waals surface area contributed by atoms with Crippen LogP contribution in [0.1, 0.15) is 16.8 Å². The van der Waals surface area contributed by atoms with Crippen molar-refractivity contribution in [2.75, 3.05) is 7.11 Å². The van der Waals surface area contributed by atoms with Gasteiger partial charge in [-0.15, -0.1) is 0 Å². The number of benzene rings is 2. The highest BCUT2D eigenvalue weighted by molar-refractivity contribution is 6.30. The maximum Gasteiger partial charge on any atom is 0.307 e. The minimum Gasteiger partial charge on any atom is -0.497 e. The zero-order valence-electron chi connectivity index (χ0n) is 12.6. The molecule has 0 aliphatic rings. The standard InChI is InChI=1S/C18H16ClNO3/c1-23-13-6-7-16-14(9-13)15(10-18(21)22)17(20-16)8-11-2-4-12(19)5-3-11/h2-7,9,20H,8,10H2,1H3,(H,21,22). The lowest BCUT2D eigenvalue weighted by molar-refractivity contribution is -0.136. The highest BCUT2D eigenvalue weighted by atomic mass is 35.5. The number of aromatic amines is 1. The molecule has 0 amide bonds. The summed E-state index contributed by atoms with van der Waals surface area (Å²) in [4.78, 5) is 14.6. The molecular formula is C18H16ClNO3. The number of aliphatic carboxylic acids is 1. The van der Waals surface area contributed by atoms with Crippen molar-refractivity contribution in [3.63, 3.8) is 0 Å². The first-order valence-corrected chi connectivity index (χ1v) is 7.58. The summed E-state index contributed by atoms with van der Waals surface area (Å²) in [7, 11) is 1.60. The summed E-state index contributed by atoms with van der Waals surface area (Å²) >= 11 is 5.91. The molecule has 118 valence electrons. The first-order chi connectivity index (χ1) is 11.1. The van der Waals surface area contributed by atoms with Gasteiger partial charge in [0.15, 0.2) is 0 Å². The Hall–Kier alpha value is -2.46. The molecule has 3 aromatic rings. The molecular weight excluding hydrogens is 314 g/mol. The molecule has 0 bridgehead atoms. The Kier molecular flexibility index (Phi) is 4.26. The van der Waals surface area contributed by atoms with E-state index in [1.54, 1.807) is 7.11 Å². The van der Waals surface area contributed by atoms with E-state index < -0.39 is 5.97 Å². The van der Waals surface area contributed by atoms with E-state index in [4.69, 9.17) is 16.3 Å². The zero-order valence-corrected chi connectivity index (χ0v) is 13.4. The average Bonchev–Trinajstić information content (AvgIpc) is 2.86. The normalized spacial score (nSPS) is 10.9. The maximum atomic E-state index is 11.3. The van der Waals surface area contributed by atoms with Crippen molar-refractivity contribution in [1.29, 1.82) is 0 Å². The number of hydrogen-bond acceptors (Lipinski definition) is 2. The molecule has 0 unspecified atom stereocenters. The molecule has 0 radical (unpaired) electrons. The Morgan fingerprint density at radius 3 is 2.61 bits per heavy atom. The largest absolute Gasteiger partial charge is 0.497 e. The van der Waals surface area contributed by atoms with Crippen LogP contribution in [0.25, 0.3) is 10.9 Å². The monoisotopic (exact) mass is 329 g/mol. The van der Waals surface area contributed by atoms with Crippen LogP contribution in [0, 0.1) is 0 Å². The quantitative estimate of drug-likeness (QED) is 0.742. The second kappa shape index (κ2) is 6.34. The lowest BCUT2D eigenvalue weighted by Gasteiger charge is -2.04. The van der Waals surface area contributed by atoms with Crippen LogP contribution in [-0.2, 0) is 17.6 Å². The van der Waals surface area contributed by atoms with E-state index in [1.807, 2.05) is 42.5 Å². The first kappa shape index (κ1) is 15.4. The van der Waals surface area contributed by atoms with E-state index >= 15 is 0 Å². The number of carboxylic acids is 1. The van der Waals surface area contributed by atoms with Gasteiger partial charge in [0.2, 0.25) is 0 Å². The van der Waals surface area contributed by atoms with Crippen LogP contribution in [-0.4, -0.2) is 23.2 Å². The Balaban J connectivity index is 2.07. The van der Waals surface area contributed by atoms with E-state index in [0.717, 1.165) is 27.7 Å². The van der Waals surface area contributed by atoms with Crippen molar-refractivity contribution >= 4 is 28.5 Å². The fraction of sp³-hybridized carbons (Fsp3) is 0.167. The van der Waals surface area contributed by atoms with Crippen LogP contribution in [0.5, 0.6) is 5.75 Å². The smallest absolute Gasteiger partial charge is 0.307 e. The molecule has 0 saturated carbocycles. The van der Waals surface area contributed by atoms with Crippen molar-refractivity contribution in [1.82, 2.24) is 4.98 Å². The Morgan fingerprint density at radius 2 is 1.96 bits per heavy atom. The van der Waals surface area contributed by atoms with Gasteiger partial charge in [0.25, 0.3) is 0 Å². The predicted octanol–water partition coefficient (Wildman–Crippen LogP) is 4.05. The topological polar surface area (TPSA) is 62.3 Å². The number of H-pyrrole nitrogens is 1. The summed E-state index contributed by atoms with van der Waals surface area (Å²) in [6.45, 7) is 0. The highest BCUT2D eigenvalue weighted by Gasteiger charge is 2.15. The molecule has 23 heavy (non-hydrogen) atoms. The molecule has 4 nitrogen and oxygen atoms in total.